The Morgan fingerprint density at radius 1 is 1.33 bits per heavy atom. The van der Waals surface area contributed by atoms with Gasteiger partial charge in [-0.2, -0.15) is 8.42 Å². The molecule has 1 aliphatic heterocycles. The molecule has 1 heterocycles. The molecule has 0 radical (unpaired) electrons. The maximum Gasteiger partial charge on any atom is 0.297 e. The summed E-state index contributed by atoms with van der Waals surface area (Å²) in [6.45, 7) is 5.13. The van der Waals surface area contributed by atoms with Crippen LogP contribution < -0.4 is 0 Å². The fourth-order valence-electron chi connectivity index (χ4n) is 1.88. The van der Waals surface area contributed by atoms with E-state index in [-0.39, 0.29) is 16.9 Å². The maximum atomic E-state index is 12.1. The third-order valence-electron chi connectivity index (χ3n) is 3.45. The highest BCUT2D eigenvalue weighted by Gasteiger charge is 2.38. The molecular weight excluding hydrogens is 252 g/mol. The predicted octanol–water partition coefficient (Wildman–Crippen LogP) is 2.13. The van der Waals surface area contributed by atoms with Gasteiger partial charge in [0.1, 0.15) is 0 Å². The fraction of sp³-hybridized carbons (Fsp3) is 0.538. The van der Waals surface area contributed by atoms with Crippen LogP contribution in [0.1, 0.15) is 18.9 Å². The van der Waals surface area contributed by atoms with Crippen molar-refractivity contribution in [2.24, 2.45) is 5.41 Å². The summed E-state index contributed by atoms with van der Waals surface area (Å²) in [5, 5.41) is 0. The number of hydrogen-bond acceptors (Lipinski definition) is 4. The van der Waals surface area contributed by atoms with Gasteiger partial charge in [-0.1, -0.05) is 25.1 Å². The van der Waals surface area contributed by atoms with Crippen molar-refractivity contribution in [2.45, 2.75) is 25.2 Å². The van der Waals surface area contributed by atoms with Crippen LogP contribution in [0.25, 0.3) is 0 Å². The lowest BCUT2D eigenvalue weighted by Gasteiger charge is -2.40. The first-order valence-corrected chi connectivity index (χ1v) is 7.43. The minimum atomic E-state index is -3.67. The molecule has 1 saturated heterocycles. The Morgan fingerprint density at radius 2 is 2.00 bits per heavy atom. The first-order chi connectivity index (χ1) is 8.49. The Hall–Kier alpha value is -0.910. The van der Waals surface area contributed by atoms with Gasteiger partial charge < -0.3 is 4.74 Å². The Bertz CT molecular complexity index is 512. The van der Waals surface area contributed by atoms with E-state index < -0.39 is 10.1 Å². The van der Waals surface area contributed by atoms with Crippen LogP contribution in [0.3, 0.4) is 0 Å². The van der Waals surface area contributed by atoms with Crippen molar-refractivity contribution in [3.8, 4) is 0 Å². The summed E-state index contributed by atoms with van der Waals surface area (Å²) < 4.78 is 34.5. The average Bonchev–Trinajstić information content (AvgIpc) is 2.28. The first kappa shape index (κ1) is 13.5. The molecule has 0 unspecified atom stereocenters. The minimum Gasteiger partial charge on any atom is -0.380 e. The third kappa shape index (κ3) is 2.58. The summed E-state index contributed by atoms with van der Waals surface area (Å²) in [5.41, 5.74) is 0.573. The second kappa shape index (κ2) is 4.99. The summed E-state index contributed by atoms with van der Waals surface area (Å²) in [5.74, 6) is 0. The van der Waals surface area contributed by atoms with Crippen LogP contribution in [0.4, 0.5) is 0 Å². The molecule has 0 aromatic heterocycles. The molecule has 0 atom stereocenters. The van der Waals surface area contributed by atoms with E-state index >= 15 is 0 Å². The molecule has 4 nitrogen and oxygen atoms in total. The molecule has 100 valence electrons. The van der Waals surface area contributed by atoms with E-state index in [0.717, 1.165) is 6.42 Å². The van der Waals surface area contributed by atoms with Crippen molar-refractivity contribution in [1.82, 2.24) is 0 Å². The summed E-state index contributed by atoms with van der Waals surface area (Å²) >= 11 is 0. The van der Waals surface area contributed by atoms with Gasteiger partial charge in [-0.25, -0.2) is 0 Å². The zero-order valence-corrected chi connectivity index (χ0v) is 11.5. The minimum absolute atomic E-state index is 0.129. The van der Waals surface area contributed by atoms with Crippen LogP contribution in [0.15, 0.2) is 29.2 Å². The van der Waals surface area contributed by atoms with Crippen LogP contribution in [-0.4, -0.2) is 28.2 Å². The molecule has 18 heavy (non-hydrogen) atoms. The quantitative estimate of drug-likeness (QED) is 0.769. The van der Waals surface area contributed by atoms with Gasteiger partial charge in [0.2, 0.25) is 0 Å². The lowest BCUT2D eigenvalue weighted by molar-refractivity contribution is -0.132. The van der Waals surface area contributed by atoms with Gasteiger partial charge in [-0.3, -0.25) is 4.18 Å². The highest BCUT2D eigenvalue weighted by atomic mass is 32.2. The number of rotatable bonds is 5. The number of aryl methyl sites for hydroxylation is 1. The molecule has 0 saturated carbocycles. The molecule has 2 rings (SSSR count). The molecule has 1 fully saturated rings. The van der Waals surface area contributed by atoms with Gasteiger partial charge in [-0.15, -0.1) is 0 Å². The van der Waals surface area contributed by atoms with E-state index in [9.17, 15) is 8.42 Å². The number of ether oxygens (including phenoxy) is 1. The normalized spacial score (nSPS) is 18.3. The largest absolute Gasteiger partial charge is 0.380 e. The van der Waals surface area contributed by atoms with E-state index in [1.165, 1.54) is 0 Å². The highest BCUT2D eigenvalue weighted by Crippen LogP contribution is 2.32. The van der Waals surface area contributed by atoms with Crippen molar-refractivity contribution in [2.75, 3.05) is 19.8 Å². The lowest BCUT2D eigenvalue weighted by Crippen LogP contribution is -2.46. The number of hydrogen-bond donors (Lipinski definition) is 0. The third-order valence-corrected chi connectivity index (χ3v) is 4.87. The molecule has 0 N–H and O–H groups in total. The van der Waals surface area contributed by atoms with Gasteiger partial charge in [0, 0.05) is 5.41 Å². The van der Waals surface area contributed by atoms with E-state index in [1.807, 2.05) is 13.0 Å². The zero-order valence-electron chi connectivity index (χ0n) is 10.7. The highest BCUT2D eigenvalue weighted by molar-refractivity contribution is 7.86. The molecule has 5 heteroatoms. The molecule has 1 aromatic rings. The van der Waals surface area contributed by atoms with Crippen molar-refractivity contribution in [3.05, 3.63) is 29.8 Å². The second-order valence-electron chi connectivity index (χ2n) is 4.83. The van der Waals surface area contributed by atoms with Crippen LogP contribution in [0.5, 0.6) is 0 Å². The molecular formula is C13H18O4S. The van der Waals surface area contributed by atoms with Gasteiger partial charge in [0.05, 0.1) is 24.7 Å². The fourth-order valence-corrected chi connectivity index (χ4v) is 3.12. The van der Waals surface area contributed by atoms with Crippen LogP contribution in [-0.2, 0) is 19.0 Å². The topological polar surface area (TPSA) is 52.6 Å². The molecule has 0 spiro atoms. The summed E-state index contributed by atoms with van der Waals surface area (Å²) in [7, 11) is -3.67. The number of benzene rings is 1. The summed E-state index contributed by atoms with van der Waals surface area (Å²) in [4.78, 5) is 0.247. The van der Waals surface area contributed by atoms with E-state index in [2.05, 4.69) is 0 Å². The van der Waals surface area contributed by atoms with Gasteiger partial charge in [0.15, 0.2) is 0 Å². The van der Waals surface area contributed by atoms with Gasteiger partial charge in [0.25, 0.3) is 10.1 Å². The van der Waals surface area contributed by atoms with Crippen LogP contribution in [0, 0.1) is 12.3 Å². The van der Waals surface area contributed by atoms with Crippen molar-refractivity contribution >= 4 is 10.1 Å². The monoisotopic (exact) mass is 270 g/mol. The van der Waals surface area contributed by atoms with E-state index in [1.54, 1.807) is 25.1 Å². The SMILES string of the molecule is CCC1(COS(=O)(=O)c2ccccc2C)COC1. The first-order valence-electron chi connectivity index (χ1n) is 6.02. The molecule has 1 aromatic carbocycles. The maximum absolute atomic E-state index is 12.1. The van der Waals surface area contributed by atoms with Crippen LogP contribution in [0.2, 0.25) is 0 Å². The molecule has 0 amide bonds. The summed E-state index contributed by atoms with van der Waals surface area (Å²) in [6.07, 6.45) is 0.857. The van der Waals surface area contributed by atoms with Gasteiger partial charge in [-0.05, 0) is 25.0 Å². The Morgan fingerprint density at radius 3 is 2.50 bits per heavy atom. The molecule has 0 bridgehead atoms. The van der Waals surface area contributed by atoms with Gasteiger partial charge >= 0.3 is 0 Å². The zero-order chi connectivity index (χ0) is 13.2. The summed E-state index contributed by atoms with van der Waals surface area (Å²) in [6, 6.07) is 6.84. The van der Waals surface area contributed by atoms with Crippen molar-refractivity contribution < 1.29 is 17.3 Å². The lowest BCUT2D eigenvalue weighted by atomic mass is 9.84. The predicted molar refractivity (Wildman–Crippen MR) is 67.9 cm³/mol. The smallest absolute Gasteiger partial charge is 0.297 e. The Kier molecular flexibility index (Phi) is 3.75. The average molecular weight is 270 g/mol. The molecule has 1 aliphatic rings. The van der Waals surface area contributed by atoms with E-state index in [0.29, 0.717) is 18.8 Å². The Balaban J connectivity index is 2.11. The van der Waals surface area contributed by atoms with Crippen molar-refractivity contribution in [1.29, 1.82) is 0 Å². The van der Waals surface area contributed by atoms with Crippen molar-refractivity contribution in [3.63, 3.8) is 0 Å². The standard InChI is InChI=1S/C13H18O4S/c1-3-13(8-16-9-13)10-17-18(14,15)12-7-5-4-6-11(12)2/h4-7H,3,8-10H2,1-2H3. The second-order valence-corrected chi connectivity index (χ2v) is 6.41. The molecule has 0 aliphatic carbocycles. The Labute approximate surface area is 108 Å². The van der Waals surface area contributed by atoms with Crippen LogP contribution >= 0.6 is 0 Å². The van der Waals surface area contributed by atoms with E-state index in [4.69, 9.17) is 8.92 Å².